The maximum absolute atomic E-state index is 6.11. The Balaban J connectivity index is 0.00000176. The van der Waals surface area contributed by atoms with Crippen molar-refractivity contribution < 1.29 is 4.74 Å². The summed E-state index contributed by atoms with van der Waals surface area (Å²) in [5.74, 6) is 0. The van der Waals surface area contributed by atoms with E-state index >= 15 is 0 Å². The van der Waals surface area contributed by atoms with Crippen LogP contribution in [0.4, 0.5) is 5.69 Å². The zero-order valence-corrected chi connectivity index (χ0v) is 15.2. The zero-order chi connectivity index (χ0) is 14.7. The van der Waals surface area contributed by atoms with Gasteiger partial charge in [-0.2, -0.15) is 0 Å². The van der Waals surface area contributed by atoms with Gasteiger partial charge in [0.2, 0.25) is 0 Å². The Bertz CT molecular complexity index is 482. The SMILES string of the molecule is Cl.NC1CCCN(Cc2ccc(Br)cc2N2CCOCC2)C1. The van der Waals surface area contributed by atoms with Crippen LogP contribution in [-0.4, -0.2) is 50.3 Å². The largest absolute Gasteiger partial charge is 0.378 e. The molecule has 3 rings (SSSR count). The first-order chi connectivity index (χ1) is 10.2. The zero-order valence-electron chi connectivity index (χ0n) is 12.8. The summed E-state index contributed by atoms with van der Waals surface area (Å²) in [4.78, 5) is 4.93. The third-order valence-corrected chi connectivity index (χ3v) is 4.83. The van der Waals surface area contributed by atoms with Crippen LogP contribution in [-0.2, 0) is 11.3 Å². The van der Waals surface area contributed by atoms with E-state index in [1.165, 1.54) is 17.7 Å². The third-order valence-electron chi connectivity index (χ3n) is 4.34. The molecule has 1 unspecified atom stereocenters. The smallest absolute Gasteiger partial charge is 0.0642 e. The molecule has 1 aromatic rings. The van der Waals surface area contributed by atoms with E-state index in [0.29, 0.717) is 6.04 Å². The Labute approximate surface area is 147 Å². The lowest BCUT2D eigenvalue weighted by Crippen LogP contribution is -2.42. The average Bonchev–Trinajstić information content (AvgIpc) is 2.50. The predicted octanol–water partition coefficient (Wildman–Crippen LogP) is 2.63. The lowest BCUT2D eigenvalue weighted by molar-refractivity contribution is 0.122. The number of halogens is 2. The van der Waals surface area contributed by atoms with E-state index in [2.05, 4.69) is 43.9 Å². The summed E-state index contributed by atoms with van der Waals surface area (Å²) >= 11 is 3.61. The van der Waals surface area contributed by atoms with Gasteiger partial charge in [-0.15, -0.1) is 12.4 Å². The Kier molecular flexibility index (Phi) is 6.96. The standard InChI is InChI=1S/C16H24BrN3O.ClH/c17-14-4-3-13(11-19-5-1-2-15(18)12-19)16(10-14)20-6-8-21-9-7-20;/h3-4,10,15H,1-2,5-9,11-12,18H2;1H. The van der Waals surface area contributed by atoms with Gasteiger partial charge >= 0.3 is 0 Å². The number of rotatable bonds is 3. The molecule has 0 bridgehead atoms. The minimum absolute atomic E-state index is 0. The van der Waals surface area contributed by atoms with Crippen molar-refractivity contribution in [1.82, 2.24) is 4.90 Å². The van der Waals surface area contributed by atoms with Crippen molar-refractivity contribution in [2.24, 2.45) is 5.73 Å². The van der Waals surface area contributed by atoms with Crippen molar-refractivity contribution in [3.63, 3.8) is 0 Å². The van der Waals surface area contributed by atoms with Crippen LogP contribution in [0.1, 0.15) is 18.4 Å². The molecular weight excluding hydrogens is 366 g/mol. The number of hydrogen-bond donors (Lipinski definition) is 1. The number of benzene rings is 1. The maximum Gasteiger partial charge on any atom is 0.0642 e. The van der Waals surface area contributed by atoms with Gasteiger partial charge in [-0.3, -0.25) is 4.90 Å². The molecule has 0 radical (unpaired) electrons. The van der Waals surface area contributed by atoms with Crippen LogP contribution >= 0.6 is 28.3 Å². The molecule has 2 aliphatic heterocycles. The van der Waals surface area contributed by atoms with Gasteiger partial charge in [0.05, 0.1) is 13.2 Å². The molecule has 2 saturated heterocycles. The van der Waals surface area contributed by atoms with Gasteiger partial charge in [0.1, 0.15) is 0 Å². The lowest BCUT2D eigenvalue weighted by atomic mass is 10.0. The molecule has 0 aliphatic carbocycles. The van der Waals surface area contributed by atoms with Crippen LogP contribution in [0.15, 0.2) is 22.7 Å². The second kappa shape index (κ2) is 8.50. The quantitative estimate of drug-likeness (QED) is 0.861. The van der Waals surface area contributed by atoms with E-state index in [4.69, 9.17) is 10.5 Å². The van der Waals surface area contributed by atoms with E-state index in [-0.39, 0.29) is 12.4 Å². The fourth-order valence-electron chi connectivity index (χ4n) is 3.25. The van der Waals surface area contributed by atoms with Crippen molar-refractivity contribution in [3.8, 4) is 0 Å². The van der Waals surface area contributed by atoms with Crippen molar-refractivity contribution >= 4 is 34.0 Å². The summed E-state index contributed by atoms with van der Waals surface area (Å²) in [6.07, 6.45) is 2.37. The molecule has 2 heterocycles. The molecule has 124 valence electrons. The second-order valence-corrected chi connectivity index (χ2v) is 6.93. The highest BCUT2D eigenvalue weighted by Gasteiger charge is 2.20. The minimum atomic E-state index is 0. The van der Waals surface area contributed by atoms with Gasteiger partial charge in [0.25, 0.3) is 0 Å². The first-order valence-electron chi connectivity index (χ1n) is 7.81. The maximum atomic E-state index is 6.11. The molecule has 4 nitrogen and oxygen atoms in total. The molecule has 0 amide bonds. The summed E-state index contributed by atoms with van der Waals surface area (Å²) in [6.45, 7) is 6.76. The number of piperidine rings is 1. The summed E-state index contributed by atoms with van der Waals surface area (Å²) in [7, 11) is 0. The van der Waals surface area contributed by atoms with Gasteiger partial charge in [-0.05, 0) is 37.1 Å². The molecule has 0 spiro atoms. The first-order valence-corrected chi connectivity index (χ1v) is 8.61. The van der Waals surface area contributed by atoms with Crippen LogP contribution in [0.3, 0.4) is 0 Å². The fraction of sp³-hybridized carbons (Fsp3) is 0.625. The highest BCUT2D eigenvalue weighted by atomic mass is 79.9. The van der Waals surface area contributed by atoms with E-state index in [0.717, 1.165) is 56.8 Å². The Morgan fingerprint density at radius 1 is 1.23 bits per heavy atom. The second-order valence-electron chi connectivity index (χ2n) is 6.01. The van der Waals surface area contributed by atoms with Gasteiger partial charge in [0, 0.05) is 42.4 Å². The number of hydrogen-bond acceptors (Lipinski definition) is 4. The Hall–Kier alpha value is -0.330. The Morgan fingerprint density at radius 3 is 2.73 bits per heavy atom. The van der Waals surface area contributed by atoms with Gasteiger partial charge in [0.15, 0.2) is 0 Å². The van der Waals surface area contributed by atoms with Crippen LogP contribution in [0, 0.1) is 0 Å². The Morgan fingerprint density at radius 2 is 2.00 bits per heavy atom. The number of morpholine rings is 1. The number of likely N-dealkylation sites (tertiary alicyclic amines) is 1. The van der Waals surface area contributed by atoms with Gasteiger partial charge in [-0.1, -0.05) is 22.0 Å². The molecule has 2 fully saturated rings. The number of nitrogens with zero attached hydrogens (tertiary/aromatic N) is 2. The molecule has 2 aliphatic rings. The van der Waals surface area contributed by atoms with E-state index in [1.807, 2.05) is 0 Å². The normalized spacial score (nSPS) is 23.2. The summed E-state index contributed by atoms with van der Waals surface area (Å²) in [5, 5.41) is 0. The van der Waals surface area contributed by atoms with Gasteiger partial charge < -0.3 is 15.4 Å². The molecule has 2 N–H and O–H groups in total. The summed E-state index contributed by atoms with van der Waals surface area (Å²) in [5.41, 5.74) is 8.84. The number of anilines is 1. The van der Waals surface area contributed by atoms with E-state index in [1.54, 1.807) is 0 Å². The van der Waals surface area contributed by atoms with Crippen LogP contribution in [0.25, 0.3) is 0 Å². The lowest BCUT2D eigenvalue weighted by Gasteiger charge is -2.34. The highest BCUT2D eigenvalue weighted by molar-refractivity contribution is 9.10. The van der Waals surface area contributed by atoms with Crippen LogP contribution in [0.2, 0.25) is 0 Å². The molecule has 6 heteroatoms. The average molecular weight is 391 g/mol. The molecule has 1 aromatic carbocycles. The monoisotopic (exact) mass is 389 g/mol. The molecule has 0 saturated carbocycles. The van der Waals surface area contributed by atoms with Gasteiger partial charge in [-0.25, -0.2) is 0 Å². The number of nitrogens with two attached hydrogens (primary N) is 1. The predicted molar refractivity (Wildman–Crippen MR) is 96.9 cm³/mol. The molecule has 0 aromatic heterocycles. The minimum Gasteiger partial charge on any atom is -0.378 e. The topological polar surface area (TPSA) is 41.7 Å². The van der Waals surface area contributed by atoms with Crippen molar-refractivity contribution in [3.05, 3.63) is 28.2 Å². The first kappa shape index (κ1) is 18.0. The van der Waals surface area contributed by atoms with Crippen molar-refractivity contribution in [2.45, 2.75) is 25.4 Å². The van der Waals surface area contributed by atoms with Crippen molar-refractivity contribution in [1.29, 1.82) is 0 Å². The van der Waals surface area contributed by atoms with E-state index in [9.17, 15) is 0 Å². The summed E-state index contributed by atoms with van der Waals surface area (Å²) in [6, 6.07) is 6.96. The van der Waals surface area contributed by atoms with Crippen molar-refractivity contribution in [2.75, 3.05) is 44.3 Å². The fourth-order valence-corrected chi connectivity index (χ4v) is 3.59. The molecular formula is C16H25BrClN3O. The summed E-state index contributed by atoms with van der Waals surface area (Å²) < 4.78 is 6.62. The molecule has 1 atom stereocenters. The third kappa shape index (κ3) is 4.59. The highest BCUT2D eigenvalue weighted by Crippen LogP contribution is 2.28. The molecule has 22 heavy (non-hydrogen) atoms. The van der Waals surface area contributed by atoms with Crippen LogP contribution in [0.5, 0.6) is 0 Å². The van der Waals surface area contributed by atoms with E-state index < -0.39 is 0 Å². The van der Waals surface area contributed by atoms with Crippen LogP contribution < -0.4 is 10.6 Å². The number of ether oxygens (including phenoxy) is 1.